The van der Waals surface area contributed by atoms with Gasteiger partial charge in [0.05, 0.1) is 0 Å². The average Bonchev–Trinajstić information content (AvgIpc) is 2.72. The largest absolute Gasteiger partial charge is 0.480 e. The summed E-state index contributed by atoms with van der Waals surface area (Å²) in [5, 5.41) is 18.6. The maximum atomic E-state index is 12.6. The summed E-state index contributed by atoms with van der Waals surface area (Å²) in [5.41, 5.74) is 0. The van der Waals surface area contributed by atoms with Crippen molar-refractivity contribution in [3.8, 4) is 0 Å². The van der Waals surface area contributed by atoms with Crippen LogP contribution in [0.5, 0.6) is 0 Å². The zero-order valence-electron chi connectivity index (χ0n) is 20.5. The standard InChI is InChI=1S/C26H49NO4/c1-4-5-6-7-8-9-10-11-12-13-14-15-16-17-18-19-25(29)27(22-23(2)3)24(20-21-28)26(30)31/h11-12,23-24,28H,4-10,13-22H2,1-3H3,(H,30,31)/b12-11-. The number of carbonyl (C=O) groups is 2. The number of unbranched alkanes of at least 4 members (excludes halogenated alkanes) is 11. The molecule has 0 bridgehead atoms. The van der Waals surface area contributed by atoms with Gasteiger partial charge in [-0.2, -0.15) is 0 Å². The molecule has 0 aliphatic rings. The van der Waals surface area contributed by atoms with Crippen LogP contribution in [-0.4, -0.2) is 46.2 Å². The van der Waals surface area contributed by atoms with Crippen molar-refractivity contribution in [2.45, 2.75) is 123 Å². The van der Waals surface area contributed by atoms with E-state index >= 15 is 0 Å². The lowest BCUT2D eigenvalue weighted by atomic mass is 10.1. The highest BCUT2D eigenvalue weighted by Crippen LogP contribution is 2.14. The Bertz CT molecular complexity index is 476. The van der Waals surface area contributed by atoms with E-state index in [-0.39, 0.29) is 24.9 Å². The molecule has 0 heterocycles. The van der Waals surface area contributed by atoms with Crippen molar-refractivity contribution in [2.24, 2.45) is 5.92 Å². The van der Waals surface area contributed by atoms with Gasteiger partial charge in [-0.15, -0.1) is 0 Å². The highest BCUT2D eigenvalue weighted by Gasteiger charge is 2.29. The fourth-order valence-corrected chi connectivity index (χ4v) is 3.82. The lowest BCUT2D eigenvalue weighted by molar-refractivity contribution is -0.151. The Balaban J connectivity index is 3.90. The minimum atomic E-state index is -1.03. The molecule has 2 N–H and O–H groups in total. The number of rotatable bonds is 21. The summed E-state index contributed by atoms with van der Waals surface area (Å²) in [5.74, 6) is -0.946. The molecule has 0 saturated carbocycles. The smallest absolute Gasteiger partial charge is 0.326 e. The maximum Gasteiger partial charge on any atom is 0.326 e. The molecule has 0 fully saturated rings. The molecule has 0 aromatic rings. The van der Waals surface area contributed by atoms with Gasteiger partial charge >= 0.3 is 5.97 Å². The van der Waals surface area contributed by atoms with Gasteiger partial charge in [-0.25, -0.2) is 4.79 Å². The third-order valence-corrected chi connectivity index (χ3v) is 5.60. The second kappa shape index (κ2) is 20.5. The number of allylic oxidation sites excluding steroid dienone is 2. The van der Waals surface area contributed by atoms with Crippen molar-refractivity contribution < 1.29 is 19.8 Å². The Morgan fingerprint density at radius 2 is 1.35 bits per heavy atom. The molecule has 0 aliphatic carbocycles. The van der Waals surface area contributed by atoms with Crippen LogP contribution in [0.25, 0.3) is 0 Å². The molecular formula is C26H49NO4. The van der Waals surface area contributed by atoms with E-state index in [0.29, 0.717) is 13.0 Å². The van der Waals surface area contributed by atoms with Gasteiger partial charge in [-0.1, -0.05) is 84.3 Å². The molecule has 0 aromatic heterocycles. The molecule has 0 rings (SSSR count). The van der Waals surface area contributed by atoms with Crippen LogP contribution in [0.1, 0.15) is 117 Å². The van der Waals surface area contributed by atoms with Crippen molar-refractivity contribution in [3.63, 3.8) is 0 Å². The van der Waals surface area contributed by atoms with E-state index in [1.807, 2.05) is 13.8 Å². The van der Waals surface area contributed by atoms with Gasteiger partial charge in [-0.3, -0.25) is 4.79 Å². The first-order valence-electron chi connectivity index (χ1n) is 12.7. The molecule has 5 nitrogen and oxygen atoms in total. The Morgan fingerprint density at radius 3 is 1.84 bits per heavy atom. The highest BCUT2D eigenvalue weighted by atomic mass is 16.4. The molecule has 1 unspecified atom stereocenters. The van der Waals surface area contributed by atoms with Gasteiger partial charge in [0.15, 0.2) is 0 Å². The quantitative estimate of drug-likeness (QED) is 0.161. The number of aliphatic hydroxyl groups is 1. The second-order valence-electron chi connectivity index (χ2n) is 9.14. The Hall–Kier alpha value is -1.36. The van der Waals surface area contributed by atoms with Crippen LogP contribution in [0.4, 0.5) is 0 Å². The number of carboxylic acid groups (broad SMARTS) is 1. The average molecular weight is 440 g/mol. The Labute approximate surface area is 191 Å². The van der Waals surface area contributed by atoms with E-state index in [9.17, 15) is 14.7 Å². The first-order chi connectivity index (χ1) is 14.9. The number of amides is 1. The van der Waals surface area contributed by atoms with Crippen LogP contribution in [-0.2, 0) is 9.59 Å². The highest BCUT2D eigenvalue weighted by molar-refractivity contribution is 5.83. The predicted octanol–water partition coefficient (Wildman–Crippen LogP) is 6.34. The Morgan fingerprint density at radius 1 is 0.839 bits per heavy atom. The SMILES string of the molecule is CCCCCCCC/C=C\CCCCCCCC(=O)N(CC(C)C)C(CCO)C(=O)O. The normalized spacial score (nSPS) is 12.5. The molecule has 0 aromatic carbocycles. The number of hydrogen-bond acceptors (Lipinski definition) is 3. The van der Waals surface area contributed by atoms with Gasteiger partial charge in [-0.05, 0) is 38.0 Å². The predicted molar refractivity (Wildman–Crippen MR) is 129 cm³/mol. The summed E-state index contributed by atoms with van der Waals surface area (Å²) in [6.07, 6.45) is 20.8. The van der Waals surface area contributed by atoms with Gasteiger partial charge in [0.25, 0.3) is 0 Å². The number of aliphatic hydroxyl groups excluding tert-OH is 1. The van der Waals surface area contributed by atoms with Gasteiger partial charge < -0.3 is 15.1 Å². The fourth-order valence-electron chi connectivity index (χ4n) is 3.82. The Kier molecular flexibility index (Phi) is 19.6. The van der Waals surface area contributed by atoms with Crippen molar-refractivity contribution in [3.05, 3.63) is 12.2 Å². The van der Waals surface area contributed by atoms with Gasteiger partial charge in [0, 0.05) is 26.0 Å². The summed E-state index contributed by atoms with van der Waals surface area (Å²) >= 11 is 0. The minimum absolute atomic E-state index is 0.0835. The summed E-state index contributed by atoms with van der Waals surface area (Å²) in [4.78, 5) is 25.6. The topological polar surface area (TPSA) is 77.8 Å². The zero-order valence-corrected chi connectivity index (χ0v) is 20.5. The third-order valence-electron chi connectivity index (χ3n) is 5.60. The van der Waals surface area contributed by atoms with E-state index in [1.54, 1.807) is 0 Å². The van der Waals surface area contributed by atoms with Crippen LogP contribution < -0.4 is 0 Å². The molecular weight excluding hydrogens is 390 g/mol. The molecule has 182 valence electrons. The number of aliphatic carboxylic acids is 1. The maximum absolute atomic E-state index is 12.6. The summed E-state index contributed by atoms with van der Waals surface area (Å²) in [7, 11) is 0. The minimum Gasteiger partial charge on any atom is -0.480 e. The monoisotopic (exact) mass is 439 g/mol. The van der Waals surface area contributed by atoms with Crippen LogP contribution in [0.15, 0.2) is 12.2 Å². The molecule has 0 radical (unpaired) electrons. The van der Waals surface area contributed by atoms with Crippen molar-refractivity contribution in [2.75, 3.05) is 13.2 Å². The van der Waals surface area contributed by atoms with Crippen LogP contribution in [0, 0.1) is 5.92 Å². The van der Waals surface area contributed by atoms with Crippen LogP contribution in [0.3, 0.4) is 0 Å². The first kappa shape index (κ1) is 29.6. The molecule has 0 saturated heterocycles. The van der Waals surface area contributed by atoms with Crippen molar-refractivity contribution >= 4 is 11.9 Å². The summed E-state index contributed by atoms with van der Waals surface area (Å²) < 4.78 is 0. The molecule has 0 aliphatic heterocycles. The van der Waals surface area contributed by atoms with Gasteiger partial charge in [0.2, 0.25) is 5.91 Å². The van der Waals surface area contributed by atoms with Crippen molar-refractivity contribution in [1.82, 2.24) is 4.90 Å². The van der Waals surface area contributed by atoms with E-state index in [1.165, 1.54) is 62.7 Å². The van der Waals surface area contributed by atoms with E-state index < -0.39 is 12.0 Å². The molecule has 5 heteroatoms. The van der Waals surface area contributed by atoms with E-state index in [0.717, 1.165) is 25.7 Å². The number of carboxylic acids is 1. The van der Waals surface area contributed by atoms with Gasteiger partial charge in [0.1, 0.15) is 6.04 Å². The summed E-state index contributed by atoms with van der Waals surface area (Å²) in [6, 6.07) is -0.928. The van der Waals surface area contributed by atoms with E-state index in [4.69, 9.17) is 5.11 Å². The fraction of sp³-hybridized carbons (Fsp3) is 0.846. The zero-order chi connectivity index (χ0) is 23.3. The van der Waals surface area contributed by atoms with Crippen LogP contribution >= 0.6 is 0 Å². The molecule has 1 amide bonds. The summed E-state index contributed by atoms with van der Waals surface area (Å²) in [6.45, 7) is 6.38. The third kappa shape index (κ3) is 16.9. The van der Waals surface area contributed by atoms with Crippen LogP contribution in [0.2, 0.25) is 0 Å². The van der Waals surface area contributed by atoms with Crippen molar-refractivity contribution in [1.29, 1.82) is 0 Å². The molecule has 1 atom stereocenters. The second-order valence-corrected chi connectivity index (χ2v) is 9.14. The lowest BCUT2D eigenvalue weighted by Crippen LogP contribution is -2.47. The number of hydrogen-bond donors (Lipinski definition) is 2. The first-order valence-corrected chi connectivity index (χ1v) is 12.7. The number of nitrogens with zero attached hydrogens (tertiary/aromatic N) is 1. The van der Waals surface area contributed by atoms with E-state index in [2.05, 4.69) is 19.1 Å². The molecule has 0 spiro atoms. The number of carbonyl (C=O) groups excluding carboxylic acids is 1. The lowest BCUT2D eigenvalue weighted by Gasteiger charge is -2.30. The molecule has 31 heavy (non-hydrogen) atoms.